The van der Waals surface area contributed by atoms with Gasteiger partial charge in [-0.2, -0.15) is 0 Å². The summed E-state index contributed by atoms with van der Waals surface area (Å²) in [7, 11) is 6.30. The summed E-state index contributed by atoms with van der Waals surface area (Å²) in [5.74, 6) is 10.5. The van der Waals surface area contributed by atoms with E-state index in [0.29, 0.717) is 116 Å². The number of fused-ring (bicyclic) bond motifs is 10. The number of aliphatic hydroxyl groups is 3. The average molecular weight is 2130 g/mol. The summed E-state index contributed by atoms with van der Waals surface area (Å²) in [5, 5.41) is 32.1. The van der Waals surface area contributed by atoms with Crippen molar-refractivity contribution in [1.82, 2.24) is 0 Å². The van der Waals surface area contributed by atoms with Gasteiger partial charge >= 0.3 is 0 Å². The van der Waals surface area contributed by atoms with Crippen molar-refractivity contribution in [3.63, 3.8) is 0 Å². The highest BCUT2D eigenvalue weighted by atomic mass is 32.0. The molecule has 30 atom stereocenters. The molecule has 0 spiro atoms. The van der Waals surface area contributed by atoms with E-state index in [0.717, 1.165) is 117 Å². The summed E-state index contributed by atoms with van der Waals surface area (Å²) >= 11 is 0. The Morgan fingerprint density at radius 3 is 1.30 bits per heavy atom. The molecule has 12 fully saturated rings. The fourth-order valence-electron chi connectivity index (χ4n) is 38.4. The second-order valence-electron chi connectivity index (χ2n) is 60.7. The zero-order chi connectivity index (χ0) is 111. The largest absolute Gasteiger partial charge is 0.390 e. The van der Waals surface area contributed by atoms with Crippen LogP contribution < -0.4 is 0 Å². The zero-order valence-electron chi connectivity index (χ0n) is 103. The molecule has 13 unspecified atom stereocenters. The van der Waals surface area contributed by atoms with E-state index < -0.39 is 16.8 Å². The molecule has 848 valence electrons. The molecule has 3 N–H and O–H groups in total. The van der Waals surface area contributed by atoms with Gasteiger partial charge in [-0.3, -0.25) is 0 Å². The van der Waals surface area contributed by atoms with Gasteiger partial charge in [-0.1, -0.05) is 365 Å². The summed E-state index contributed by atoms with van der Waals surface area (Å²) in [6, 6.07) is 0. The van der Waals surface area contributed by atoms with Gasteiger partial charge in [0.1, 0.15) is 0 Å². The third-order valence-corrected chi connectivity index (χ3v) is 50.5. The Hall–Kier alpha value is -2.12. The molecule has 0 heterocycles. The minimum Gasteiger partial charge on any atom is -0.390 e. The summed E-state index contributed by atoms with van der Waals surface area (Å²) < 4.78 is 10.9. The van der Waals surface area contributed by atoms with Crippen molar-refractivity contribution < 1.29 is 24.4 Å². The van der Waals surface area contributed by atoms with Crippen LogP contribution in [-0.4, -0.2) is 45.3 Å². The SMILES string of the molecule is C=C/C(C)=C/C[C@H]1C(=C)CCC2C(C)(C)CCC[C@@]21C.C=C1CCC2C(C)(C)CCC[C@]2(C)[C@H]1CC/C(C)=C/COPP.C=CC(C)(O)CC[C@H]1C(=C)CCC2C(C)(C)CCC[C@@]21C.C=CC(C)(O)CC[C@]1(C)C2CCC=C(C)[C@]2(C)CC[C@H]1C.C=C[C@@]1(C)CC[C@H]2[C@@](O)(CCC3C(C)(C)CCC[C@@]32C)C1.CC(C)C1=CCC2=C(CCC3C(C)(C)CCC[C@]23C)C1.CC1=CCCC2[C@@]1(C)CC[C@@H](C)[C@]2(C)CC/C(C)=C/COPP. The molecule has 149 heavy (non-hydrogen) atoms. The van der Waals surface area contributed by atoms with Gasteiger partial charge in [0.25, 0.3) is 0 Å². The standard InChI is InChI=1S/2C20H36OP2.3C20H34O.2C20H32/c1-15(11-14-21-23-22)7-9-17-16(2)8-10-18-19(3,4)12-6-13-20(17,18)5;1-15(11-14-21-23-22)9-12-19(4)17(3)10-13-20(5)16(2)7-6-8-18(19)20;1-6-18(4)12-8-16-19(5)11-7-10-17(2,3)15(19)9-13-20(16,21)14-18;1-7-19(5,21)14-11-16-15(2)9-10-17-18(3,4)12-8-13-20(16,17)6;1-7-18(4,21)13-14-20(6)16(3)11-12-19(5)15(2)9-8-10-17(19)20;1-14(2)15-7-9-17-16(13-15)8-10-18-19(3,4)11-6-12-20(17,18)5;1-7-15(2)9-11-17-16(3)10-12-18-19(4,5)13-8-14-20(17,18)6/h11,17-18,23H,2,6-10,12-14,22H2,1,3-5H3;7,11,17-18,23H,6,8-10,12-14,22H2,1-5H3;6,15-16,21H,1,7-14H2,2-5H3;7,16-17,21H,1-2,8-14H2,3-6H3;7,9,16-17,21H,1,8,10-14H2,2-6H3;7,14,18H,6,8-13H2,1-5H3;7,9,17-18H,1,3,8,10-14H2,2,4-6H3/b2*15-11+;;;;;15-9+/t17-,18?,20+;17-,18?,19+,20+;15?,16-,18+,19+,20-;16-,17?,19?,20+;16-,17?,18?,19+,20+;18?,20-;17-,18?,20+/m0110110/s1. The van der Waals surface area contributed by atoms with Crippen molar-refractivity contribution in [1.29, 1.82) is 0 Å². The molecule has 16 rings (SSSR count). The lowest BCUT2D eigenvalue weighted by Gasteiger charge is -2.64. The average Bonchev–Trinajstić information content (AvgIpc) is 0.703. The molecule has 0 aromatic heterocycles. The summed E-state index contributed by atoms with van der Waals surface area (Å²) in [6.45, 7) is 105. The topological polar surface area (TPSA) is 79.2 Å². The Balaban J connectivity index is 0.000000178. The third kappa shape index (κ3) is 29.0. The lowest BCUT2D eigenvalue weighted by Crippen LogP contribution is -2.61. The normalized spacial score (nSPS) is 40.1. The molecule has 5 nitrogen and oxygen atoms in total. The maximum Gasteiger partial charge on any atom is 0.0797 e. The maximum atomic E-state index is 11.5. The van der Waals surface area contributed by atoms with Crippen LogP contribution in [0.25, 0.3) is 0 Å². The van der Waals surface area contributed by atoms with E-state index in [9.17, 15) is 15.3 Å². The van der Waals surface area contributed by atoms with Gasteiger partial charge in [-0.25, -0.2) is 0 Å². The molecular formula is C140H238O5P4. The predicted octanol–water partition coefficient (Wildman–Crippen LogP) is 42.8. The second-order valence-corrected chi connectivity index (χ2v) is 63.1. The molecule has 16 aliphatic rings. The van der Waals surface area contributed by atoms with Gasteiger partial charge in [0.15, 0.2) is 0 Å². The van der Waals surface area contributed by atoms with Crippen LogP contribution in [0.4, 0.5) is 0 Å². The van der Waals surface area contributed by atoms with Crippen LogP contribution in [0.2, 0.25) is 0 Å². The number of allylic oxidation sites excluding steroid dienone is 17. The smallest absolute Gasteiger partial charge is 0.0797 e. The fourth-order valence-corrected chi connectivity index (χ4v) is 39.3. The number of hydrogen-bond acceptors (Lipinski definition) is 5. The Kier molecular flexibility index (Phi) is 44.4. The van der Waals surface area contributed by atoms with Crippen LogP contribution in [0, 0.1) is 164 Å². The monoisotopic (exact) mass is 2120 g/mol. The van der Waals surface area contributed by atoms with E-state index in [1.165, 1.54) is 290 Å². The van der Waals surface area contributed by atoms with Gasteiger partial charge in [-0.05, 0) is 482 Å². The fraction of sp³-hybridized carbons (Fsp3) is 0.800. The Morgan fingerprint density at radius 2 is 0.846 bits per heavy atom. The quantitative estimate of drug-likeness (QED) is 0.0367. The number of hydrogen-bond donors (Lipinski definition) is 3. The van der Waals surface area contributed by atoms with Crippen LogP contribution >= 0.6 is 34.8 Å². The maximum absolute atomic E-state index is 11.5. The van der Waals surface area contributed by atoms with Crippen molar-refractivity contribution in [3.8, 4) is 0 Å². The van der Waals surface area contributed by atoms with E-state index in [1.54, 1.807) is 28.9 Å². The van der Waals surface area contributed by atoms with Crippen molar-refractivity contribution in [2.75, 3.05) is 13.2 Å². The van der Waals surface area contributed by atoms with Crippen molar-refractivity contribution >= 4 is 34.8 Å². The molecule has 0 aromatic rings. The zero-order valence-corrected chi connectivity index (χ0v) is 108. The first-order valence-electron chi connectivity index (χ1n) is 61.9. The molecule has 9 heteroatoms. The third-order valence-electron chi connectivity index (χ3n) is 48.8. The van der Waals surface area contributed by atoms with Crippen molar-refractivity contribution in [2.24, 2.45) is 164 Å². The van der Waals surface area contributed by atoms with Crippen LogP contribution in [0.1, 0.15) is 516 Å². The first-order chi connectivity index (χ1) is 69.2. The van der Waals surface area contributed by atoms with Gasteiger partial charge in [0.05, 0.1) is 30.0 Å². The second kappa shape index (κ2) is 51.5. The van der Waals surface area contributed by atoms with Crippen LogP contribution in [-0.2, 0) is 9.05 Å². The first-order valence-corrected chi connectivity index (χ1v) is 67.3. The minimum absolute atomic E-state index is 0.138. The van der Waals surface area contributed by atoms with E-state index in [-0.39, 0.29) is 5.41 Å². The highest BCUT2D eigenvalue weighted by Gasteiger charge is 2.64. The minimum atomic E-state index is -0.742. The lowest BCUT2D eigenvalue weighted by molar-refractivity contribution is -0.202. The highest BCUT2D eigenvalue weighted by molar-refractivity contribution is 8.00. The Labute approximate surface area is 931 Å². The first kappa shape index (κ1) is 129. The Morgan fingerprint density at radius 1 is 0.443 bits per heavy atom. The Bertz CT molecular complexity index is 4750. The van der Waals surface area contributed by atoms with E-state index in [4.69, 9.17) is 9.05 Å². The molecule has 12 saturated carbocycles. The summed E-state index contributed by atoms with van der Waals surface area (Å²) in [4.78, 5) is 0. The molecule has 16 aliphatic carbocycles. The van der Waals surface area contributed by atoms with Gasteiger partial charge in [0.2, 0.25) is 0 Å². The van der Waals surface area contributed by atoms with Crippen molar-refractivity contribution in [3.05, 3.63) is 168 Å². The molecule has 0 aromatic carbocycles. The van der Waals surface area contributed by atoms with Crippen LogP contribution in [0.5, 0.6) is 0 Å². The van der Waals surface area contributed by atoms with Crippen LogP contribution in [0.15, 0.2) is 168 Å². The van der Waals surface area contributed by atoms with E-state index in [1.807, 2.05) is 31.1 Å². The summed E-state index contributed by atoms with van der Waals surface area (Å²) in [5.41, 5.74) is 21.8. The lowest BCUT2D eigenvalue weighted by atomic mass is 9.42. The molecular weight excluding hydrogens is 1890 g/mol. The van der Waals surface area contributed by atoms with E-state index >= 15 is 0 Å². The predicted molar refractivity (Wildman–Crippen MR) is 665 cm³/mol. The van der Waals surface area contributed by atoms with Gasteiger partial charge in [0, 0.05) is 17.0 Å². The molecule has 0 radical (unpaired) electrons. The van der Waals surface area contributed by atoms with Gasteiger partial charge < -0.3 is 24.4 Å². The van der Waals surface area contributed by atoms with Crippen LogP contribution in [0.3, 0.4) is 0 Å². The van der Waals surface area contributed by atoms with Crippen molar-refractivity contribution in [2.45, 2.75) is 533 Å². The molecule has 0 amide bonds. The number of rotatable bonds is 25. The summed E-state index contributed by atoms with van der Waals surface area (Å²) in [6.07, 6.45) is 81.7. The highest BCUT2D eigenvalue weighted by Crippen LogP contribution is 2.72. The van der Waals surface area contributed by atoms with E-state index in [2.05, 4.69) is 307 Å². The van der Waals surface area contributed by atoms with Gasteiger partial charge in [-0.15, -0.1) is 19.7 Å². The molecule has 0 aliphatic heterocycles. The molecule has 0 bridgehead atoms. The molecule has 0 saturated heterocycles.